The van der Waals surface area contributed by atoms with Crippen molar-refractivity contribution >= 4 is 17.6 Å². The van der Waals surface area contributed by atoms with Gasteiger partial charge in [0.15, 0.2) is 6.10 Å². The van der Waals surface area contributed by atoms with Crippen molar-refractivity contribution in [2.24, 2.45) is 0 Å². The van der Waals surface area contributed by atoms with Crippen LogP contribution in [0.25, 0.3) is 0 Å². The van der Waals surface area contributed by atoms with Gasteiger partial charge in [-0.05, 0) is 31.0 Å². The largest absolute Gasteiger partial charge is 0.492 e. The lowest BCUT2D eigenvalue weighted by atomic mass is 9.90. The molecule has 1 aromatic rings. The van der Waals surface area contributed by atoms with Gasteiger partial charge >= 0.3 is 5.97 Å². The standard InChI is InChI=1S/C16H23ClO4/c1-4-14(15(20-5-2)16(18)19-3)12-6-8-13(9-7-12)21-11-10-17/h6-9,14-15H,4-5,10-11H2,1-3H3. The van der Waals surface area contributed by atoms with Crippen molar-refractivity contribution < 1.29 is 19.0 Å². The molecule has 0 aromatic heterocycles. The zero-order valence-electron chi connectivity index (χ0n) is 12.8. The molecule has 0 N–H and O–H groups in total. The molecule has 0 fully saturated rings. The van der Waals surface area contributed by atoms with Crippen LogP contribution in [0.1, 0.15) is 31.7 Å². The second-order valence-corrected chi connectivity index (χ2v) is 4.90. The van der Waals surface area contributed by atoms with Crippen LogP contribution in [0.3, 0.4) is 0 Å². The fourth-order valence-electron chi connectivity index (χ4n) is 2.24. The first-order chi connectivity index (χ1) is 10.2. The van der Waals surface area contributed by atoms with E-state index in [2.05, 4.69) is 0 Å². The van der Waals surface area contributed by atoms with E-state index in [9.17, 15) is 4.79 Å². The first-order valence-corrected chi connectivity index (χ1v) is 7.69. The molecule has 5 heteroatoms. The van der Waals surface area contributed by atoms with E-state index >= 15 is 0 Å². The maximum atomic E-state index is 11.9. The number of carbonyl (C=O) groups excluding carboxylic acids is 1. The lowest BCUT2D eigenvalue weighted by Crippen LogP contribution is -2.32. The fraction of sp³-hybridized carbons (Fsp3) is 0.562. The average molecular weight is 315 g/mol. The second-order valence-electron chi connectivity index (χ2n) is 4.52. The molecule has 0 heterocycles. The van der Waals surface area contributed by atoms with Gasteiger partial charge in [-0.3, -0.25) is 0 Å². The van der Waals surface area contributed by atoms with Crippen LogP contribution in [0.2, 0.25) is 0 Å². The van der Waals surface area contributed by atoms with Gasteiger partial charge in [-0.2, -0.15) is 0 Å². The fourth-order valence-corrected chi connectivity index (χ4v) is 2.31. The molecule has 0 amide bonds. The molecule has 0 radical (unpaired) electrons. The van der Waals surface area contributed by atoms with Crippen molar-refractivity contribution in [1.82, 2.24) is 0 Å². The van der Waals surface area contributed by atoms with Gasteiger partial charge in [0.2, 0.25) is 0 Å². The number of rotatable bonds is 9. The van der Waals surface area contributed by atoms with Crippen LogP contribution in [-0.2, 0) is 14.3 Å². The van der Waals surface area contributed by atoms with Crippen molar-refractivity contribution in [3.05, 3.63) is 29.8 Å². The van der Waals surface area contributed by atoms with Gasteiger partial charge in [0.25, 0.3) is 0 Å². The van der Waals surface area contributed by atoms with Crippen LogP contribution < -0.4 is 4.74 Å². The minimum atomic E-state index is -0.584. The van der Waals surface area contributed by atoms with E-state index in [1.54, 1.807) is 0 Å². The highest BCUT2D eigenvalue weighted by atomic mass is 35.5. The Morgan fingerprint density at radius 2 is 1.90 bits per heavy atom. The quantitative estimate of drug-likeness (QED) is 0.518. The SMILES string of the molecule is CCOC(C(=O)OC)C(CC)c1ccc(OCCCl)cc1. The Hall–Kier alpha value is -1.26. The average Bonchev–Trinajstić information content (AvgIpc) is 2.53. The molecule has 4 nitrogen and oxygen atoms in total. The van der Waals surface area contributed by atoms with Crippen LogP contribution in [-0.4, -0.2) is 38.3 Å². The van der Waals surface area contributed by atoms with Gasteiger partial charge in [-0.1, -0.05) is 19.1 Å². The topological polar surface area (TPSA) is 44.8 Å². The molecule has 1 rings (SSSR count). The minimum absolute atomic E-state index is 0.0422. The molecule has 1 aromatic carbocycles. The molecule has 118 valence electrons. The van der Waals surface area contributed by atoms with Crippen LogP contribution in [0.4, 0.5) is 0 Å². The number of halogens is 1. The molecular formula is C16H23ClO4. The van der Waals surface area contributed by atoms with Crippen molar-refractivity contribution in [3.8, 4) is 5.75 Å². The number of hydrogen-bond acceptors (Lipinski definition) is 4. The Bertz CT molecular complexity index is 419. The summed E-state index contributed by atoms with van der Waals surface area (Å²) in [7, 11) is 1.38. The molecule has 0 saturated carbocycles. The minimum Gasteiger partial charge on any atom is -0.492 e. The number of esters is 1. The second kappa shape index (κ2) is 9.64. The first kappa shape index (κ1) is 17.8. The van der Waals surface area contributed by atoms with Crippen molar-refractivity contribution in [3.63, 3.8) is 0 Å². The van der Waals surface area contributed by atoms with Gasteiger partial charge in [-0.15, -0.1) is 11.6 Å². The maximum Gasteiger partial charge on any atom is 0.335 e. The summed E-state index contributed by atoms with van der Waals surface area (Å²) in [6.45, 7) is 4.83. The van der Waals surface area contributed by atoms with E-state index < -0.39 is 6.10 Å². The van der Waals surface area contributed by atoms with E-state index in [1.165, 1.54) is 7.11 Å². The third-order valence-corrected chi connectivity index (χ3v) is 3.39. The summed E-state index contributed by atoms with van der Waals surface area (Å²) in [5.74, 6) is 0.833. The summed E-state index contributed by atoms with van der Waals surface area (Å²) in [4.78, 5) is 11.9. The Morgan fingerprint density at radius 1 is 1.24 bits per heavy atom. The predicted octanol–water partition coefficient (Wildman–Crippen LogP) is 3.38. The normalized spacial score (nSPS) is 13.5. The van der Waals surface area contributed by atoms with Crippen molar-refractivity contribution in [1.29, 1.82) is 0 Å². The van der Waals surface area contributed by atoms with Gasteiger partial charge in [0.05, 0.1) is 13.0 Å². The number of hydrogen-bond donors (Lipinski definition) is 0. The Labute approximate surface area is 131 Å². The van der Waals surface area contributed by atoms with E-state index in [0.29, 0.717) is 19.1 Å². The molecule has 0 saturated heterocycles. The van der Waals surface area contributed by atoms with Crippen molar-refractivity contribution in [2.75, 3.05) is 26.2 Å². The zero-order valence-corrected chi connectivity index (χ0v) is 13.6. The Kier molecular flexibility index (Phi) is 8.16. The smallest absolute Gasteiger partial charge is 0.335 e. The van der Waals surface area contributed by atoms with Gasteiger partial charge < -0.3 is 14.2 Å². The highest BCUT2D eigenvalue weighted by Crippen LogP contribution is 2.28. The number of benzene rings is 1. The molecule has 21 heavy (non-hydrogen) atoms. The molecular weight excluding hydrogens is 292 g/mol. The van der Waals surface area contributed by atoms with Crippen molar-refractivity contribution in [2.45, 2.75) is 32.3 Å². The monoisotopic (exact) mass is 314 g/mol. The third kappa shape index (κ3) is 5.21. The van der Waals surface area contributed by atoms with E-state index in [-0.39, 0.29) is 11.9 Å². The summed E-state index contributed by atoms with van der Waals surface area (Å²) in [6.07, 6.45) is 0.196. The Morgan fingerprint density at radius 3 is 2.38 bits per heavy atom. The molecule has 0 aliphatic heterocycles. The molecule has 2 atom stereocenters. The summed E-state index contributed by atoms with van der Waals surface area (Å²) < 4.78 is 15.9. The summed E-state index contributed by atoms with van der Waals surface area (Å²) in [5.41, 5.74) is 1.03. The highest BCUT2D eigenvalue weighted by molar-refractivity contribution is 6.18. The summed E-state index contributed by atoms with van der Waals surface area (Å²) >= 11 is 5.59. The molecule has 0 aliphatic rings. The van der Waals surface area contributed by atoms with E-state index in [4.69, 9.17) is 25.8 Å². The molecule has 0 aliphatic carbocycles. The number of carbonyl (C=O) groups is 1. The molecule has 0 spiro atoms. The highest BCUT2D eigenvalue weighted by Gasteiger charge is 2.29. The van der Waals surface area contributed by atoms with Crippen LogP contribution >= 0.6 is 11.6 Å². The summed E-state index contributed by atoms with van der Waals surface area (Å²) in [6, 6.07) is 7.66. The van der Waals surface area contributed by atoms with Gasteiger partial charge in [0.1, 0.15) is 12.4 Å². The lowest BCUT2D eigenvalue weighted by molar-refractivity contribution is -0.155. The first-order valence-electron chi connectivity index (χ1n) is 7.16. The molecule has 0 bridgehead atoms. The summed E-state index contributed by atoms with van der Waals surface area (Å²) in [5, 5.41) is 0. The third-order valence-electron chi connectivity index (χ3n) is 3.24. The lowest BCUT2D eigenvalue weighted by Gasteiger charge is -2.24. The number of alkyl halides is 1. The van der Waals surface area contributed by atoms with E-state index in [1.807, 2.05) is 38.1 Å². The number of ether oxygens (including phenoxy) is 3. The van der Waals surface area contributed by atoms with E-state index in [0.717, 1.165) is 17.7 Å². The van der Waals surface area contributed by atoms with Crippen LogP contribution in [0.5, 0.6) is 5.75 Å². The Balaban J connectivity index is 2.88. The maximum absolute atomic E-state index is 11.9. The number of methoxy groups -OCH3 is 1. The van der Waals surface area contributed by atoms with Crippen LogP contribution in [0.15, 0.2) is 24.3 Å². The van der Waals surface area contributed by atoms with Crippen LogP contribution in [0, 0.1) is 0 Å². The molecule has 2 unspecified atom stereocenters. The van der Waals surface area contributed by atoms with Gasteiger partial charge in [-0.25, -0.2) is 4.79 Å². The zero-order chi connectivity index (χ0) is 15.7. The predicted molar refractivity (Wildman–Crippen MR) is 83.1 cm³/mol. The van der Waals surface area contributed by atoms with Gasteiger partial charge in [0, 0.05) is 12.5 Å².